The largest absolute Gasteiger partial charge is 0.147 e. The molecule has 0 saturated carbocycles. The maximum absolute atomic E-state index is 2.38. The van der Waals surface area contributed by atoms with Crippen LogP contribution in [0.25, 0.3) is 0 Å². The first-order valence-corrected chi connectivity index (χ1v) is 7.60. The molecule has 1 aliphatic carbocycles. The molecule has 100 valence electrons. The molecule has 0 bridgehead atoms. The molecule has 0 heterocycles. The number of allylic oxidation sites excluding steroid dienone is 4. The summed E-state index contributed by atoms with van der Waals surface area (Å²) in [6.07, 6.45) is 0. The van der Waals surface area contributed by atoms with E-state index in [1.54, 1.807) is 20.6 Å². The average Bonchev–Trinajstić information content (AvgIpc) is 2.34. The van der Waals surface area contributed by atoms with Gasteiger partial charge in [-0.3, -0.25) is 0 Å². The predicted molar refractivity (Wildman–Crippen MR) is 78.1 cm³/mol. The maximum Gasteiger partial charge on any atom is -0.147 e. The minimum Gasteiger partial charge on any atom is -0.147 e. The summed E-state index contributed by atoms with van der Waals surface area (Å²) >= 11 is 0.111. The topological polar surface area (TPSA) is 3.24 Å². The van der Waals surface area contributed by atoms with Crippen molar-refractivity contribution in [3.05, 3.63) is 20.6 Å². The quantitative estimate of drug-likeness (QED) is 0.705. The zero-order valence-corrected chi connectivity index (χ0v) is 14.9. The van der Waals surface area contributed by atoms with Gasteiger partial charge in [-0.05, 0) is 0 Å². The van der Waals surface area contributed by atoms with Crippen LogP contribution in [0.2, 0.25) is 4.73 Å². The van der Waals surface area contributed by atoms with Crippen LogP contribution in [0.15, 0.2) is 20.6 Å². The van der Waals surface area contributed by atoms with Crippen LogP contribution in [-0.2, 0) is 19.2 Å². The van der Waals surface area contributed by atoms with Crippen LogP contribution in [0, 0.1) is 5.92 Å². The van der Waals surface area contributed by atoms with Crippen molar-refractivity contribution in [2.45, 2.75) is 32.4 Å². The summed E-state index contributed by atoms with van der Waals surface area (Å²) in [6.45, 7) is 10.5. The molecule has 0 saturated heterocycles. The third kappa shape index (κ3) is 5.08. The second kappa shape index (κ2) is 8.77. The van der Waals surface area contributed by atoms with E-state index >= 15 is 0 Å². The standard InChI is InChI=1S/C9H13.C4H10N.2ClH.Ti/c1-6-5-7(2)9(4)8(6)3;1-4-5(2)3;;;/h6H,1-4H3;1,4H2,2-3H3;2*1H;. The van der Waals surface area contributed by atoms with E-state index in [2.05, 4.69) is 46.7 Å². The van der Waals surface area contributed by atoms with Gasteiger partial charge in [0, 0.05) is 0 Å². The molecule has 0 fully saturated rings. The summed E-state index contributed by atoms with van der Waals surface area (Å²) in [4.78, 5) is 2.30. The molecule has 0 radical (unpaired) electrons. The normalized spacial score (nSPS) is 19.4. The van der Waals surface area contributed by atoms with Crippen LogP contribution < -0.4 is 0 Å². The second-order valence-electron chi connectivity index (χ2n) is 4.80. The summed E-state index contributed by atoms with van der Waals surface area (Å²) in [6, 6.07) is 0. The van der Waals surface area contributed by atoms with E-state index in [1.807, 2.05) is 0 Å². The van der Waals surface area contributed by atoms with Crippen molar-refractivity contribution in [2.75, 3.05) is 20.6 Å². The van der Waals surface area contributed by atoms with Crippen molar-refractivity contribution in [2.24, 2.45) is 5.92 Å². The molecule has 0 aliphatic heterocycles. The van der Waals surface area contributed by atoms with Gasteiger partial charge in [0.25, 0.3) is 0 Å². The fraction of sp³-hybridized carbons (Fsp3) is 0.692. The van der Waals surface area contributed by atoms with Gasteiger partial charge in [0.2, 0.25) is 0 Å². The first-order valence-electron chi connectivity index (χ1n) is 5.72. The summed E-state index contributed by atoms with van der Waals surface area (Å²) in [7, 11) is 4.33. The van der Waals surface area contributed by atoms with Crippen molar-refractivity contribution in [1.82, 2.24) is 4.90 Å². The van der Waals surface area contributed by atoms with Crippen LogP contribution in [-0.4, -0.2) is 25.5 Å². The molecule has 0 aromatic heterocycles. The number of nitrogens with zero attached hydrogens (tertiary/aromatic N) is 1. The van der Waals surface area contributed by atoms with Crippen molar-refractivity contribution in [1.29, 1.82) is 0 Å². The van der Waals surface area contributed by atoms with Gasteiger partial charge in [-0.1, -0.05) is 0 Å². The van der Waals surface area contributed by atoms with E-state index in [4.69, 9.17) is 0 Å². The Labute approximate surface area is 128 Å². The predicted octanol–water partition coefficient (Wildman–Crippen LogP) is 4.15. The summed E-state index contributed by atoms with van der Waals surface area (Å²) < 4.78 is 3.21. The first-order chi connectivity index (χ1) is 6.95. The van der Waals surface area contributed by atoms with E-state index in [1.165, 1.54) is 11.3 Å². The molecule has 0 aromatic rings. The number of halogens is 2. The fourth-order valence-corrected chi connectivity index (χ4v) is 4.88. The third-order valence-corrected chi connectivity index (χ3v) is 6.11. The zero-order chi connectivity index (χ0) is 11.6. The first kappa shape index (κ1) is 20.1. The van der Waals surface area contributed by atoms with E-state index in [9.17, 15) is 0 Å². The Bertz CT molecular complexity index is 309. The van der Waals surface area contributed by atoms with Gasteiger partial charge < -0.3 is 0 Å². The number of hydrogen-bond acceptors (Lipinski definition) is 1. The van der Waals surface area contributed by atoms with Crippen molar-refractivity contribution in [3.8, 4) is 0 Å². The van der Waals surface area contributed by atoms with Crippen molar-refractivity contribution in [3.63, 3.8) is 0 Å². The second-order valence-corrected chi connectivity index (χ2v) is 6.97. The molecule has 1 aliphatic rings. The summed E-state index contributed by atoms with van der Waals surface area (Å²) in [5, 5.41) is 0. The molecule has 1 nitrogen and oxygen atoms in total. The van der Waals surface area contributed by atoms with Crippen LogP contribution in [0.5, 0.6) is 0 Å². The molecule has 0 aromatic carbocycles. The van der Waals surface area contributed by atoms with Crippen LogP contribution in [0.3, 0.4) is 0 Å². The molecule has 0 amide bonds. The molecular formula is C13H25Cl2NTi. The van der Waals surface area contributed by atoms with E-state index in [0.29, 0.717) is 0 Å². The van der Waals surface area contributed by atoms with Crippen molar-refractivity contribution < 1.29 is 19.2 Å². The molecule has 17 heavy (non-hydrogen) atoms. The van der Waals surface area contributed by atoms with E-state index in [0.717, 1.165) is 5.92 Å². The zero-order valence-electron chi connectivity index (χ0n) is 11.8. The summed E-state index contributed by atoms with van der Waals surface area (Å²) in [5.41, 5.74) is 4.78. The van der Waals surface area contributed by atoms with Gasteiger partial charge in [-0.15, -0.1) is 24.8 Å². The Morgan fingerprint density at radius 3 is 1.94 bits per heavy atom. The van der Waals surface area contributed by atoms with Crippen LogP contribution in [0.1, 0.15) is 27.7 Å². The Morgan fingerprint density at radius 1 is 1.06 bits per heavy atom. The average molecular weight is 314 g/mol. The van der Waals surface area contributed by atoms with Gasteiger partial charge >= 0.3 is 104 Å². The van der Waals surface area contributed by atoms with Crippen molar-refractivity contribution >= 4 is 24.8 Å². The van der Waals surface area contributed by atoms with Gasteiger partial charge in [-0.25, -0.2) is 0 Å². The van der Waals surface area contributed by atoms with Gasteiger partial charge in [0.15, 0.2) is 0 Å². The number of rotatable bonds is 4. The molecule has 1 atom stereocenters. The van der Waals surface area contributed by atoms with Crippen LogP contribution >= 0.6 is 24.8 Å². The minimum absolute atomic E-state index is 0. The smallest absolute Gasteiger partial charge is 0.147 e. The molecule has 0 spiro atoms. The monoisotopic (exact) mass is 313 g/mol. The molecule has 4 heteroatoms. The molecule has 1 unspecified atom stereocenters. The van der Waals surface area contributed by atoms with Gasteiger partial charge in [0.1, 0.15) is 0 Å². The van der Waals surface area contributed by atoms with E-state index < -0.39 is 0 Å². The fourth-order valence-electron chi connectivity index (χ4n) is 2.06. The minimum atomic E-state index is 0. The van der Waals surface area contributed by atoms with Gasteiger partial charge in [-0.2, -0.15) is 0 Å². The SMILES string of the molecule is CC1=C(C)C(C)[C]([Ti][CH2]CN(C)C)=C1C.Cl.Cl. The van der Waals surface area contributed by atoms with E-state index in [-0.39, 0.29) is 44.0 Å². The maximum atomic E-state index is 2.38. The number of hydrogen-bond donors (Lipinski definition) is 0. The Balaban J connectivity index is 0. The summed E-state index contributed by atoms with van der Waals surface area (Å²) in [5.74, 6) is 0.743. The van der Waals surface area contributed by atoms with Crippen LogP contribution in [0.4, 0.5) is 0 Å². The Kier molecular flexibility index (Phi) is 10.3. The van der Waals surface area contributed by atoms with Gasteiger partial charge in [0.05, 0.1) is 0 Å². The third-order valence-electron chi connectivity index (χ3n) is 3.52. The molecular weight excluding hydrogens is 289 g/mol. The Morgan fingerprint density at radius 2 is 1.59 bits per heavy atom. The Hall–Kier alpha value is 0.734. The molecule has 1 rings (SSSR count). The molecule has 0 N–H and O–H groups in total.